The molecule has 0 bridgehead atoms. The van der Waals surface area contributed by atoms with E-state index in [-0.39, 0.29) is 12.1 Å². The largest absolute Gasteiger partial charge is 0.462 e. The molecule has 1 saturated carbocycles. The van der Waals surface area contributed by atoms with Gasteiger partial charge in [-0.2, -0.15) is 0 Å². The van der Waals surface area contributed by atoms with Gasteiger partial charge < -0.3 is 10.1 Å². The molecule has 1 aliphatic carbocycles. The monoisotopic (exact) mass is 281 g/mol. The molecule has 3 heteroatoms. The summed E-state index contributed by atoms with van der Waals surface area (Å²) in [4.78, 5) is 12.1. The Morgan fingerprint density at radius 1 is 1.25 bits per heavy atom. The minimum Gasteiger partial charge on any atom is -0.462 e. The maximum Gasteiger partial charge on any atom is 0.306 e. The Labute approximate surface area is 123 Å². The van der Waals surface area contributed by atoms with Gasteiger partial charge in [0.2, 0.25) is 0 Å². The van der Waals surface area contributed by atoms with E-state index in [1.165, 1.54) is 19.3 Å². The Hall–Kier alpha value is -0.570. The van der Waals surface area contributed by atoms with E-state index in [9.17, 15) is 4.79 Å². The first-order chi connectivity index (χ1) is 9.56. The van der Waals surface area contributed by atoms with E-state index < -0.39 is 0 Å². The van der Waals surface area contributed by atoms with Crippen LogP contribution in [-0.4, -0.2) is 25.2 Å². The van der Waals surface area contributed by atoms with Gasteiger partial charge in [-0.1, -0.05) is 20.8 Å². The zero-order chi connectivity index (χ0) is 14.5. The number of hydrogen-bond acceptors (Lipinski definition) is 3. The molecule has 1 saturated heterocycles. The molecule has 2 aliphatic rings. The van der Waals surface area contributed by atoms with Crippen molar-refractivity contribution in [1.82, 2.24) is 5.32 Å². The van der Waals surface area contributed by atoms with Crippen LogP contribution in [-0.2, 0) is 9.53 Å². The minimum atomic E-state index is 0.0230. The number of carbonyl (C=O) groups excluding carboxylic acids is 1. The lowest BCUT2D eigenvalue weighted by atomic mass is 9.80. The van der Waals surface area contributed by atoms with Gasteiger partial charge in [-0.25, -0.2) is 0 Å². The predicted molar refractivity (Wildman–Crippen MR) is 81.4 cm³/mol. The Kier molecular flexibility index (Phi) is 5.88. The molecule has 5 atom stereocenters. The molecule has 2 rings (SSSR count). The first-order valence-corrected chi connectivity index (χ1v) is 8.46. The van der Waals surface area contributed by atoms with Gasteiger partial charge in [-0.15, -0.1) is 0 Å². The molecule has 0 amide bonds. The van der Waals surface area contributed by atoms with Crippen molar-refractivity contribution in [3.8, 4) is 0 Å². The quantitative estimate of drug-likeness (QED) is 0.803. The van der Waals surface area contributed by atoms with Crippen LogP contribution in [0.3, 0.4) is 0 Å². The zero-order valence-electron chi connectivity index (χ0n) is 13.4. The van der Waals surface area contributed by atoms with Crippen LogP contribution in [0.15, 0.2) is 0 Å². The number of piperidine rings is 1. The van der Waals surface area contributed by atoms with Crippen LogP contribution in [0.1, 0.15) is 59.3 Å². The van der Waals surface area contributed by atoms with E-state index in [1.807, 2.05) is 0 Å². The Morgan fingerprint density at radius 3 is 2.70 bits per heavy atom. The highest BCUT2D eigenvalue weighted by atomic mass is 16.5. The first kappa shape index (κ1) is 15.8. The summed E-state index contributed by atoms with van der Waals surface area (Å²) in [6.45, 7) is 8.98. The van der Waals surface area contributed by atoms with Crippen LogP contribution in [0, 0.1) is 23.7 Å². The summed E-state index contributed by atoms with van der Waals surface area (Å²) in [6.07, 6.45) is 6.55. The van der Waals surface area contributed by atoms with Crippen molar-refractivity contribution in [1.29, 1.82) is 0 Å². The molecule has 3 nitrogen and oxygen atoms in total. The lowest BCUT2D eigenvalue weighted by Gasteiger charge is -2.32. The maximum absolute atomic E-state index is 12.1. The fourth-order valence-corrected chi connectivity index (χ4v) is 3.63. The summed E-state index contributed by atoms with van der Waals surface area (Å²) in [5.74, 6) is 2.56. The minimum absolute atomic E-state index is 0.0230. The van der Waals surface area contributed by atoms with Gasteiger partial charge in [0.1, 0.15) is 6.10 Å². The second-order valence-electron chi connectivity index (χ2n) is 7.17. The predicted octanol–water partition coefficient (Wildman–Crippen LogP) is 3.38. The molecule has 1 N–H and O–H groups in total. The van der Waals surface area contributed by atoms with Gasteiger partial charge in [0, 0.05) is 6.42 Å². The van der Waals surface area contributed by atoms with Crippen LogP contribution in [0.4, 0.5) is 0 Å². The van der Waals surface area contributed by atoms with E-state index >= 15 is 0 Å². The highest BCUT2D eigenvalue weighted by Gasteiger charge is 2.28. The van der Waals surface area contributed by atoms with Crippen molar-refractivity contribution in [3.63, 3.8) is 0 Å². The number of nitrogens with one attached hydrogen (secondary N) is 1. The third-order valence-corrected chi connectivity index (χ3v) is 5.48. The molecule has 0 spiro atoms. The fourth-order valence-electron chi connectivity index (χ4n) is 3.63. The van der Waals surface area contributed by atoms with Crippen molar-refractivity contribution in [2.24, 2.45) is 23.7 Å². The molecule has 0 radical (unpaired) electrons. The standard InChI is InChI=1S/C17H31NO2/c1-12-6-7-16(9-13(12)2)20-17(19)10-14(3)15-5-4-8-18-11-15/h12-16,18H,4-11H2,1-3H3. The molecule has 1 heterocycles. The summed E-state index contributed by atoms with van der Waals surface area (Å²) < 4.78 is 5.71. The van der Waals surface area contributed by atoms with Crippen LogP contribution in [0.25, 0.3) is 0 Å². The summed E-state index contributed by atoms with van der Waals surface area (Å²) in [5, 5.41) is 3.43. The summed E-state index contributed by atoms with van der Waals surface area (Å²) in [6, 6.07) is 0. The molecule has 0 aromatic rings. The average molecular weight is 281 g/mol. The molecular formula is C17H31NO2. The molecule has 0 aromatic heterocycles. The number of ether oxygens (including phenoxy) is 1. The summed E-state index contributed by atoms with van der Waals surface area (Å²) >= 11 is 0. The van der Waals surface area contributed by atoms with E-state index in [1.54, 1.807) is 0 Å². The summed E-state index contributed by atoms with van der Waals surface area (Å²) in [5.41, 5.74) is 0. The Morgan fingerprint density at radius 2 is 2.05 bits per heavy atom. The molecule has 2 fully saturated rings. The van der Waals surface area contributed by atoms with Crippen LogP contribution in [0.5, 0.6) is 0 Å². The van der Waals surface area contributed by atoms with Crippen molar-refractivity contribution >= 4 is 5.97 Å². The van der Waals surface area contributed by atoms with Crippen molar-refractivity contribution in [2.45, 2.75) is 65.4 Å². The third kappa shape index (κ3) is 4.47. The van der Waals surface area contributed by atoms with Crippen LogP contribution in [0.2, 0.25) is 0 Å². The normalized spacial score (nSPS) is 36.4. The highest BCUT2D eigenvalue weighted by molar-refractivity contribution is 5.69. The second-order valence-corrected chi connectivity index (χ2v) is 7.17. The molecule has 5 unspecified atom stereocenters. The smallest absolute Gasteiger partial charge is 0.306 e. The van der Waals surface area contributed by atoms with Crippen LogP contribution < -0.4 is 5.32 Å². The molecule has 20 heavy (non-hydrogen) atoms. The van der Waals surface area contributed by atoms with Crippen molar-refractivity contribution < 1.29 is 9.53 Å². The molecule has 0 aromatic carbocycles. The van der Waals surface area contributed by atoms with Gasteiger partial charge in [0.15, 0.2) is 0 Å². The lowest BCUT2D eigenvalue weighted by Crippen LogP contribution is -2.35. The topological polar surface area (TPSA) is 38.3 Å². The van der Waals surface area contributed by atoms with Crippen molar-refractivity contribution in [3.05, 3.63) is 0 Å². The second kappa shape index (κ2) is 7.44. The SMILES string of the molecule is CC1CCC(OC(=O)CC(C)C2CCCNC2)CC1C. The third-order valence-electron chi connectivity index (χ3n) is 5.48. The Balaban J connectivity index is 1.71. The first-order valence-electron chi connectivity index (χ1n) is 8.46. The van der Waals surface area contributed by atoms with Gasteiger partial charge in [-0.05, 0) is 68.9 Å². The molecular weight excluding hydrogens is 250 g/mol. The number of hydrogen-bond donors (Lipinski definition) is 1. The zero-order valence-corrected chi connectivity index (χ0v) is 13.4. The van der Waals surface area contributed by atoms with E-state index in [0.717, 1.165) is 31.8 Å². The van der Waals surface area contributed by atoms with E-state index in [0.29, 0.717) is 24.2 Å². The fraction of sp³-hybridized carbons (Fsp3) is 0.941. The average Bonchev–Trinajstić information content (AvgIpc) is 2.44. The highest BCUT2D eigenvalue weighted by Crippen LogP contribution is 2.31. The Bertz CT molecular complexity index is 306. The van der Waals surface area contributed by atoms with Crippen molar-refractivity contribution in [2.75, 3.05) is 13.1 Å². The van der Waals surface area contributed by atoms with Gasteiger partial charge >= 0.3 is 5.97 Å². The maximum atomic E-state index is 12.1. The van der Waals surface area contributed by atoms with Gasteiger partial charge in [0.05, 0.1) is 0 Å². The van der Waals surface area contributed by atoms with E-state index in [4.69, 9.17) is 4.74 Å². The van der Waals surface area contributed by atoms with E-state index in [2.05, 4.69) is 26.1 Å². The number of carbonyl (C=O) groups is 1. The molecule has 1 aliphatic heterocycles. The number of rotatable bonds is 4. The molecule has 116 valence electrons. The summed E-state index contributed by atoms with van der Waals surface area (Å²) in [7, 11) is 0. The van der Waals surface area contributed by atoms with Gasteiger partial charge in [-0.3, -0.25) is 4.79 Å². The lowest BCUT2D eigenvalue weighted by molar-refractivity contribution is -0.153. The van der Waals surface area contributed by atoms with Crippen LogP contribution >= 0.6 is 0 Å². The number of esters is 1. The van der Waals surface area contributed by atoms with Gasteiger partial charge in [0.25, 0.3) is 0 Å².